The summed E-state index contributed by atoms with van der Waals surface area (Å²) < 4.78 is 22.3. The molecule has 182 valence electrons. The fourth-order valence-corrected chi connectivity index (χ4v) is 4.54. The lowest BCUT2D eigenvalue weighted by molar-refractivity contribution is 0.0690. The number of H-pyrrole nitrogens is 1. The molecule has 36 heavy (non-hydrogen) atoms. The largest absolute Gasteiger partial charge is 0.489 e. The molecule has 5 aromatic rings. The van der Waals surface area contributed by atoms with Crippen LogP contribution in [0, 0.1) is 12.7 Å². The van der Waals surface area contributed by atoms with Gasteiger partial charge in [0.1, 0.15) is 23.9 Å². The van der Waals surface area contributed by atoms with Crippen molar-refractivity contribution in [1.82, 2.24) is 14.8 Å². The van der Waals surface area contributed by atoms with Crippen molar-refractivity contribution in [3.05, 3.63) is 101 Å². The van der Waals surface area contributed by atoms with E-state index in [4.69, 9.17) is 4.74 Å². The van der Waals surface area contributed by atoms with Gasteiger partial charge in [-0.25, -0.2) is 9.18 Å². The maximum Gasteiger partial charge on any atom is 0.353 e. The van der Waals surface area contributed by atoms with Crippen molar-refractivity contribution >= 4 is 16.9 Å². The molecule has 0 aliphatic carbocycles. The number of benzene rings is 3. The van der Waals surface area contributed by atoms with Gasteiger partial charge in [0.25, 0.3) is 0 Å². The molecule has 0 saturated heterocycles. The summed E-state index contributed by atoms with van der Waals surface area (Å²) >= 11 is 0. The number of ether oxygens (including phenoxy) is 1. The Labute approximate surface area is 208 Å². The molecule has 2 heterocycles. The highest BCUT2D eigenvalue weighted by molar-refractivity contribution is 6.00. The van der Waals surface area contributed by atoms with E-state index in [0.29, 0.717) is 23.6 Å². The number of nitrogens with one attached hydrogen (secondary N) is 1. The van der Waals surface area contributed by atoms with Crippen LogP contribution in [0.1, 0.15) is 47.1 Å². The van der Waals surface area contributed by atoms with E-state index in [9.17, 15) is 14.3 Å². The van der Waals surface area contributed by atoms with Gasteiger partial charge in [-0.1, -0.05) is 44.2 Å². The average molecular weight is 484 g/mol. The van der Waals surface area contributed by atoms with Gasteiger partial charge in [-0.2, -0.15) is 5.10 Å². The standard InChI is InChI=1S/C29H26FN3O3/c1-17(2)28-27(24-15-25(29(34)35)32-31-24)22-14-21(36-16-19-7-5-4-6-8-19)10-12-26(22)33(28)20-9-11-23(30)18(3)13-20/h4-15,17H,16H2,1-3H3,(H,31,32)(H,34,35). The topological polar surface area (TPSA) is 80.1 Å². The number of aromatic amines is 1. The Morgan fingerprint density at radius 3 is 2.53 bits per heavy atom. The molecule has 0 aliphatic rings. The number of carboxylic acid groups (broad SMARTS) is 1. The molecule has 0 fully saturated rings. The van der Waals surface area contributed by atoms with Gasteiger partial charge >= 0.3 is 5.97 Å². The molecule has 2 aromatic heterocycles. The first kappa shape index (κ1) is 23.4. The Balaban J connectivity index is 1.73. The Bertz CT molecular complexity index is 1570. The number of carbonyl (C=O) groups is 1. The lowest BCUT2D eigenvalue weighted by Gasteiger charge is -2.16. The third kappa shape index (κ3) is 4.24. The number of nitrogens with zero attached hydrogens (tertiary/aromatic N) is 2. The quantitative estimate of drug-likeness (QED) is 0.265. The van der Waals surface area contributed by atoms with E-state index in [1.54, 1.807) is 19.1 Å². The first-order valence-electron chi connectivity index (χ1n) is 11.7. The summed E-state index contributed by atoms with van der Waals surface area (Å²) in [7, 11) is 0. The molecule has 0 spiro atoms. The van der Waals surface area contributed by atoms with E-state index in [2.05, 4.69) is 28.6 Å². The van der Waals surface area contributed by atoms with Crippen molar-refractivity contribution < 1.29 is 19.0 Å². The Morgan fingerprint density at radius 1 is 1.08 bits per heavy atom. The summed E-state index contributed by atoms with van der Waals surface area (Å²) in [5.74, 6) is -0.609. The van der Waals surface area contributed by atoms with Gasteiger partial charge in [0.05, 0.1) is 11.2 Å². The smallest absolute Gasteiger partial charge is 0.353 e. The molecule has 6 nitrogen and oxygen atoms in total. The second-order valence-corrected chi connectivity index (χ2v) is 9.11. The molecule has 2 N–H and O–H groups in total. The van der Waals surface area contributed by atoms with Crippen LogP contribution in [0.4, 0.5) is 4.39 Å². The highest BCUT2D eigenvalue weighted by atomic mass is 19.1. The van der Waals surface area contributed by atoms with Crippen LogP contribution in [0.5, 0.6) is 5.75 Å². The Morgan fingerprint density at radius 2 is 1.86 bits per heavy atom. The minimum absolute atomic E-state index is 0.00900. The fraction of sp³-hybridized carbons (Fsp3) is 0.172. The van der Waals surface area contributed by atoms with Crippen LogP contribution in [0.3, 0.4) is 0 Å². The molecule has 0 bridgehead atoms. The third-order valence-electron chi connectivity index (χ3n) is 6.23. The zero-order chi connectivity index (χ0) is 25.4. The van der Waals surface area contributed by atoms with E-state index >= 15 is 0 Å². The van der Waals surface area contributed by atoms with Gasteiger partial charge in [0.15, 0.2) is 0 Å². The van der Waals surface area contributed by atoms with Gasteiger partial charge in [-0.05, 0) is 66.4 Å². The first-order chi connectivity index (χ1) is 17.3. The van der Waals surface area contributed by atoms with Gasteiger partial charge in [-0.15, -0.1) is 0 Å². The lowest BCUT2D eigenvalue weighted by Crippen LogP contribution is -2.04. The molecule has 5 rings (SSSR count). The number of aryl methyl sites for hydroxylation is 1. The predicted molar refractivity (Wildman–Crippen MR) is 137 cm³/mol. The van der Waals surface area contributed by atoms with E-state index in [-0.39, 0.29) is 17.4 Å². The predicted octanol–water partition coefficient (Wildman–Crippen LogP) is 6.87. The summed E-state index contributed by atoms with van der Waals surface area (Å²) in [5.41, 5.74) is 5.61. The van der Waals surface area contributed by atoms with Crippen molar-refractivity contribution in [2.75, 3.05) is 0 Å². The SMILES string of the molecule is Cc1cc(-n2c(C(C)C)c(-c3cc(C(=O)O)[nH]n3)c3cc(OCc4ccccc4)ccc32)ccc1F. The maximum atomic E-state index is 14.1. The van der Waals surface area contributed by atoms with Crippen LogP contribution in [0.2, 0.25) is 0 Å². The van der Waals surface area contributed by atoms with Gasteiger partial charge < -0.3 is 14.4 Å². The molecule has 0 atom stereocenters. The highest BCUT2D eigenvalue weighted by Gasteiger charge is 2.25. The molecule has 3 aromatic carbocycles. The number of aromatic nitrogens is 3. The van der Waals surface area contributed by atoms with Crippen LogP contribution in [0.25, 0.3) is 27.8 Å². The number of aromatic carboxylic acids is 1. The summed E-state index contributed by atoms with van der Waals surface area (Å²) in [6.07, 6.45) is 0. The highest BCUT2D eigenvalue weighted by Crippen LogP contribution is 2.41. The number of carboxylic acids is 1. The molecular formula is C29H26FN3O3. The van der Waals surface area contributed by atoms with Crippen LogP contribution < -0.4 is 4.74 Å². The second kappa shape index (κ2) is 9.34. The van der Waals surface area contributed by atoms with Crippen molar-refractivity contribution in [3.8, 4) is 22.7 Å². The van der Waals surface area contributed by atoms with Crippen LogP contribution >= 0.6 is 0 Å². The third-order valence-corrected chi connectivity index (χ3v) is 6.23. The second-order valence-electron chi connectivity index (χ2n) is 9.11. The van der Waals surface area contributed by atoms with Crippen LogP contribution in [-0.4, -0.2) is 25.8 Å². The molecule has 0 aliphatic heterocycles. The fourth-order valence-electron chi connectivity index (χ4n) is 4.54. The van der Waals surface area contributed by atoms with Gasteiger partial charge in [0.2, 0.25) is 0 Å². The summed E-state index contributed by atoms with van der Waals surface area (Å²) in [4.78, 5) is 11.6. The zero-order valence-electron chi connectivity index (χ0n) is 20.2. The van der Waals surface area contributed by atoms with Crippen molar-refractivity contribution in [3.63, 3.8) is 0 Å². The molecule has 0 amide bonds. The Hall–Kier alpha value is -4.39. The number of rotatable bonds is 7. The van der Waals surface area contributed by atoms with Crippen LogP contribution in [-0.2, 0) is 6.61 Å². The number of fused-ring (bicyclic) bond motifs is 1. The lowest BCUT2D eigenvalue weighted by atomic mass is 10.0. The number of hydrogen-bond acceptors (Lipinski definition) is 3. The normalized spacial score (nSPS) is 11.4. The van der Waals surface area contributed by atoms with Crippen LogP contribution in [0.15, 0.2) is 72.8 Å². The average Bonchev–Trinajstić information content (AvgIpc) is 3.48. The zero-order valence-corrected chi connectivity index (χ0v) is 20.2. The van der Waals surface area contributed by atoms with E-state index < -0.39 is 5.97 Å². The minimum Gasteiger partial charge on any atom is -0.489 e. The Kier molecular flexibility index (Phi) is 6.06. The van der Waals surface area contributed by atoms with Gasteiger partial charge in [-0.3, -0.25) is 5.10 Å². The van der Waals surface area contributed by atoms with Crippen molar-refractivity contribution in [2.45, 2.75) is 33.3 Å². The molecule has 7 heteroatoms. The maximum absolute atomic E-state index is 14.1. The number of halogens is 1. The molecule has 0 unspecified atom stereocenters. The van der Waals surface area contributed by atoms with Crippen molar-refractivity contribution in [1.29, 1.82) is 0 Å². The summed E-state index contributed by atoms with van der Waals surface area (Å²) in [6, 6.07) is 22.3. The first-order valence-corrected chi connectivity index (χ1v) is 11.7. The van der Waals surface area contributed by atoms with E-state index in [1.807, 2.05) is 54.6 Å². The number of hydrogen-bond donors (Lipinski definition) is 2. The summed E-state index contributed by atoms with van der Waals surface area (Å²) in [6.45, 7) is 6.30. The molecule has 0 radical (unpaired) electrons. The van der Waals surface area contributed by atoms with Crippen molar-refractivity contribution in [2.24, 2.45) is 0 Å². The van der Waals surface area contributed by atoms with Gasteiger partial charge in [0, 0.05) is 22.3 Å². The molecule has 0 saturated carbocycles. The minimum atomic E-state index is -1.08. The monoisotopic (exact) mass is 483 g/mol. The molecular weight excluding hydrogens is 457 g/mol. The van der Waals surface area contributed by atoms with E-state index in [1.165, 1.54) is 6.07 Å². The van der Waals surface area contributed by atoms with E-state index in [0.717, 1.165) is 33.4 Å². The summed E-state index contributed by atoms with van der Waals surface area (Å²) in [5, 5.41) is 17.3.